The summed E-state index contributed by atoms with van der Waals surface area (Å²) in [6.45, 7) is 0.511. The molecular formula is C20H27N3O4. The first kappa shape index (κ1) is 19.2. The van der Waals surface area contributed by atoms with Crippen LogP contribution in [0.4, 0.5) is 0 Å². The number of carbonyl (C=O) groups excluding carboxylic acids is 1. The van der Waals surface area contributed by atoms with Crippen molar-refractivity contribution in [2.75, 3.05) is 27.3 Å². The van der Waals surface area contributed by atoms with Crippen LogP contribution >= 0.6 is 0 Å². The van der Waals surface area contributed by atoms with Gasteiger partial charge in [-0.15, -0.1) is 0 Å². The summed E-state index contributed by atoms with van der Waals surface area (Å²) in [4.78, 5) is 18.4. The third-order valence-electron chi connectivity index (χ3n) is 4.96. The van der Waals surface area contributed by atoms with Crippen LogP contribution in [-0.2, 0) is 11.2 Å². The Morgan fingerprint density at radius 1 is 1.19 bits per heavy atom. The molecule has 0 spiro atoms. The molecule has 3 rings (SSSR count). The quantitative estimate of drug-likeness (QED) is 0.707. The fraction of sp³-hybridized carbons (Fsp3) is 0.550. The van der Waals surface area contributed by atoms with Crippen LogP contribution in [0.1, 0.15) is 49.7 Å². The maximum absolute atomic E-state index is 12.2. The Labute approximate surface area is 159 Å². The predicted octanol–water partition coefficient (Wildman–Crippen LogP) is 3.21. The Hall–Kier alpha value is -2.57. The number of ether oxygens (including phenoxy) is 2. The van der Waals surface area contributed by atoms with Gasteiger partial charge in [0.05, 0.1) is 7.11 Å². The van der Waals surface area contributed by atoms with Gasteiger partial charge in [0.1, 0.15) is 11.5 Å². The Balaban J connectivity index is 1.42. The molecule has 1 aliphatic carbocycles. The SMILES string of the molecule is COc1ccc(OCC(=O)N(C)CCc2noc(C3CCCCC3)n2)cc1. The van der Waals surface area contributed by atoms with Crippen molar-refractivity contribution in [3.8, 4) is 11.5 Å². The van der Waals surface area contributed by atoms with E-state index in [4.69, 9.17) is 14.0 Å². The maximum Gasteiger partial charge on any atom is 0.260 e. The average molecular weight is 373 g/mol. The number of benzene rings is 1. The lowest BCUT2D eigenvalue weighted by Crippen LogP contribution is -2.33. The molecule has 0 unspecified atom stereocenters. The number of nitrogens with zero attached hydrogens (tertiary/aromatic N) is 3. The Bertz CT molecular complexity index is 723. The summed E-state index contributed by atoms with van der Waals surface area (Å²) in [5.74, 6) is 3.10. The summed E-state index contributed by atoms with van der Waals surface area (Å²) >= 11 is 0. The lowest BCUT2D eigenvalue weighted by atomic mass is 9.89. The number of rotatable bonds is 8. The van der Waals surface area contributed by atoms with E-state index in [-0.39, 0.29) is 12.5 Å². The second-order valence-electron chi connectivity index (χ2n) is 6.91. The summed E-state index contributed by atoms with van der Waals surface area (Å²) in [5.41, 5.74) is 0. The first-order valence-electron chi connectivity index (χ1n) is 9.49. The molecule has 1 aromatic carbocycles. The van der Waals surface area contributed by atoms with E-state index in [1.165, 1.54) is 19.3 Å². The zero-order chi connectivity index (χ0) is 19.1. The van der Waals surface area contributed by atoms with Gasteiger partial charge in [0.15, 0.2) is 12.4 Å². The highest BCUT2D eigenvalue weighted by atomic mass is 16.5. The summed E-state index contributed by atoms with van der Waals surface area (Å²) < 4.78 is 16.0. The van der Waals surface area contributed by atoms with Crippen LogP contribution in [0.5, 0.6) is 11.5 Å². The molecule has 27 heavy (non-hydrogen) atoms. The molecule has 2 aromatic rings. The van der Waals surface area contributed by atoms with Crippen LogP contribution in [0.2, 0.25) is 0 Å². The minimum atomic E-state index is -0.0955. The zero-order valence-electron chi connectivity index (χ0n) is 16.0. The molecule has 1 aliphatic rings. The smallest absolute Gasteiger partial charge is 0.260 e. The molecule has 146 valence electrons. The highest BCUT2D eigenvalue weighted by molar-refractivity contribution is 5.77. The van der Waals surface area contributed by atoms with Gasteiger partial charge in [-0.3, -0.25) is 4.79 Å². The van der Waals surface area contributed by atoms with Gasteiger partial charge in [0.25, 0.3) is 5.91 Å². The third kappa shape index (κ3) is 5.45. The minimum absolute atomic E-state index is 0.0115. The zero-order valence-corrected chi connectivity index (χ0v) is 16.0. The summed E-state index contributed by atoms with van der Waals surface area (Å²) in [7, 11) is 3.36. The van der Waals surface area contributed by atoms with Gasteiger partial charge in [-0.1, -0.05) is 24.4 Å². The van der Waals surface area contributed by atoms with E-state index in [9.17, 15) is 4.79 Å². The molecule has 1 aromatic heterocycles. The summed E-state index contributed by atoms with van der Waals surface area (Å²) in [6, 6.07) is 7.14. The second-order valence-corrected chi connectivity index (χ2v) is 6.91. The largest absolute Gasteiger partial charge is 0.497 e. The third-order valence-corrected chi connectivity index (χ3v) is 4.96. The normalized spacial score (nSPS) is 14.7. The molecule has 0 radical (unpaired) electrons. The van der Waals surface area contributed by atoms with E-state index in [0.717, 1.165) is 24.5 Å². The second kappa shape index (κ2) is 9.39. The molecular weight excluding hydrogens is 346 g/mol. The van der Waals surface area contributed by atoms with Gasteiger partial charge < -0.3 is 18.9 Å². The summed E-state index contributed by atoms with van der Waals surface area (Å²) in [6.07, 6.45) is 6.58. The number of amides is 1. The molecule has 7 heteroatoms. The number of aromatic nitrogens is 2. The van der Waals surface area contributed by atoms with Crippen molar-refractivity contribution < 1.29 is 18.8 Å². The van der Waals surface area contributed by atoms with Crippen molar-refractivity contribution in [3.05, 3.63) is 36.0 Å². The molecule has 1 fully saturated rings. The molecule has 7 nitrogen and oxygen atoms in total. The van der Waals surface area contributed by atoms with Gasteiger partial charge in [-0.05, 0) is 37.1 Å². The van der Waals surface area contributed by atoms with Gasteiger partial charge in [0, 0.05) is 25.9 Å². The van der Waals surface area contributed by atoms with Crippen LogP contribution < -0.4 is 9.47 Å². The molecule has 1 heterocycles. The lowest BCUT2D eigenvalue weighted by Gasteiger charge is -2.17. The van der Waals surface area contributed by atoms with Crippen molar-refractivity contribution in [1.82, 2.24) is 15.0 Å². The highest BCUT2D eigenvalue weighted by Gasteiger charge is 2.21. The van der Waals surface area contributed by atoms with E-state index >= 15 is 0 Å². The van der Waals surface area contributed by atoms with E-state index in [1.54, 1.807) is 43.3 Å². The van der Waals surface area contributed by atoms with Gasteiger partial charge in [-0.25, -0.2) is 0 Å². The molecule has 0 N–H and O–H groups in total. The van der Waals surface area contributed by atoms with Crippen molar-refractivity contribution in [2.45, 2.75) is 44.4 Å². The topological polar surface area (TPSA) is 77.7 Å². The number of hydrogen-bond acceptors (Lipinski definition) is 6. The average Bonchev–Trinajstić information content (AvgIpc) is 3.20. The maximum atomic E-state index is 12.2. The van der Waals surface area contributed by atoms with E-state index in [0.29, 0.717) is 30.5 Å². The molecule has 1 amide bonds. The predicted molar refractivity (Wildman–Crippen MR) is 100.0 cm³/mol. The van der Waals surface area contributed by atoms with E-state index in [1.807, 2.05) is 0 Å². The highest BCUT2D eigenvalue weighted by Crippen LogP contribution is 2.31. The van der Waals surface area contributed by atoms with Crippen LogP contribution in [-0.4, -0.2) is 48.3 Å². The number of methoxy groups -OCH3 is 1. The van der Waals surface area contributed by atoms with E-state index in [2.05, 4.69) is 10.1 Å². The number of likely N-dealkylation sites (N-methyl/N-ethyl adjacent to an activating group) is 1. The number of carbonyl (C=O) groups is 1. The van der Waals surface area contributed by atoms with Crippen molar-refractivity contribution in [2.24, 2.45) is 0 Å². The Morgan fingerprint density at radius 2 is 1.89 bits per heavy atom. The molecule has 1 saturated carbocycles. The van der Waals surface area contributed by atoms with Gasteiger partial charge >= 0.3 is 0 Å². The fourth-order valence-corrected chi connectivity index (χ4v) is 3.20. The van der Waals surface area contributed by atoms with Crippen LogP contribution in [0.15, 0.2) is 28.8 Å². The Kier molecular flexibility index (Phi) is 6.68. The van der Waals surface area contributed by atoms with Gasteiger partial charge in [0.2, 0.25) is 5.89 Å². The van der Waals surface area contributed by atoms with E-state index < -0.39 is 0 Å². The van der Waals surface area contributed by atoms with Gasteiger partial charge in [-0.2, -0.15) is 4.98 Å². The van der Waals surface area contributed by atoms with Crippen molar-refractivity contribution in [3.63, 3.8) is 0 Å². The van der Waals surface area contributed by atoms with Crippen molar-refractivity contribution in [1.29, 1.82) is 0 Å². The molecule has 0 bridgehead atoms. The van der Waals surface area contributed by atoms with Crippen molar-refractivity contribution >= 4 is 5.91 Å². The first-order valence-corrected chi connectivity index (χ1v) is 9.49. The van der Waals surface area contributed by atoms with Crippen LogP contribution in [0, 0.1) is 0 Å². The van der Waals surface area contributed by atoms with Crippen LogP contribution in [0.3, 0.4) is 0 Å². The Morgan fingerprint density at radius 3 is 2.59 bits per heavy atom. The lowest BCUT2D eigenvalue weighted by molar-refractivity contribution is -0.132. The minimum Gasteiger partial charge on any atom is -0.497 e. The molecule has 0 aliphatic heterocycles. The first-order chi connectivity index (χ1) is 13.2. The van der Waals surface area contributed by atoms with Crippen LogP contribution in [0.25, 0.3) is 0 Å². The monoisotopic (exact) mass is 373 g/mol. The summed E-state index contributed by atoms with van der Waals surface area (Å²) in [5, 5.41) is 4.07. The number of hydrogen-bond donors (Lipinski definition) is 0. The fourth-order valence-electron chi connectivity index (χ4n) is 3.20. The standard InChI is InChI=1S/C20H27N3O4/c1-23(19(24)14-26-17-10-8-16(25-2)9-11-17)13-12-18-21-20(27-22-18)15-6-4-3-5-7-15/h8-11,15H,3-7,12-14H2,1-2H3. The molecule has 0 atom stereocenters. The molecule has 0 saturated heterocycles.